The van der Waals surface area contributed by atoms with Gasteiger partial charge < -0.3 is 10.2 Å². The van der Waals surface area contributed by atoms with E-state index < -0.39 is 0 Å². The Morgan fingerprint density at radius 2 is 1.45 bits per heavy atom. The molecule has 0 aliphatic carbocycles. The summed E-state index contributed by atoms with van der Waals surface area (Å²) >= 11 is 0. The Balaban J connectivity index is 1.43. The van der Waals surface area contributed by atoms with Gasteiger partial charge in [-0.2, -0.15) is 0 Å². The number of nitrogens with one attached hydrogen (secondary N) is 1. The Labute approximate surface area is 172 Å². The van der Waals surface area contributed by atoms with Crippen molar-refractivity contribution in [3.05, 3.63) is 70.8 Å². The predicted molar refractivity (Wildman–Crippen MR) is 113 cm³/mol. The highest BCUT2D eigenvalue weighted by molar-refractivity contribution is 5.98. The lowest BCUT2D eigenvalue weighted by molar-refractivity contribution is -0.121. The van der Waals surface area contributed by atoms with Crippen molar-refractivity contribution >= 4 is 17.6 Å². The van der Waals surface area contributed by atoms with Gasteiger partial charge in [-0.25, -0.2) is 0 Å². The molecule has 5 nitrogen and oxygen atoms in total. The number of carbonyl (C=O) groups excluding carboxylic acids is 3. The van der Waals surface area contributed by atoms with Crippen molar-refractivity contribution < 1.29 is 14.4 Å². The topological polar surface area (TPSA) is 66.5 Å². The average Bonchev–Trinajstić information content (AvgIpc) is 2.77. The molecule has 0 saturated carbocycles. The number of amides is 2. The van der Waals surface area contributed by atoms with E-state index in [4.69, 9.17) is 0 Å². The second-order valence-electron chi connectivity index (χ2n) is 7.62. The first-order valence-corrected chi connectivity index (χ1v) is 10.3. The van der Waals surface area contributed by atoms with Crippen molar-refractivity contribution in [3.8, 4) is 0 Å². The third kappa shape index (κ3) is 6.01. The first-order chi connectivity index (χ1) is 14.0. The lowest BCUT2D eigenvalue weighted by Gasteiger charge is -2.26. The molecule has 1 heterocycles. The standard InChI is InChI=1S/C24H28N2O3/c1-18-5-9-20(10-6-18)22(27)13-14-23(28)25-17-19-7-11-21(12-8-19)24(29)26-15-3-2-4-16-26/h5-12H,2-4,13-17H2,1H3,(H,25,28). The molecule has 2 aromatic carbocycles. The van der Waals surface area contributed by atoms with Crippen LogP contribution in [0.25, 0.3) is 0 Å². The summed E-state index contributed by atoms with van der Waals surface area (Å²) < 4.78 is 0. The van der Waals surface area contributed by atoms with Gasteiger partial charge in [0.1, 0.15) is 0 Å². The maximum Gasteiger partial charge on any atom is 0.253 e. The van der Waals surface area contributed by atoms with Gasteiger partial charge in [-0.15, -0.1) is 0 Å². The molecule has 1 aliphatic heterocycles. The maximum atomic E-state index is 12.5. The number of likely N-dealkylation sites (tertiary alicyclic amines) is 1. The molecule has 0 spiro atoms. The molecule has 2 aromatic rings. The van der Waals surface area contributed by atoms with E-state index in [0.29, 0.717) is 17.7 Å². The zero-order chi connectivity index (χ0) is 20.6. The Kier molecular flexibility index (Phi) is 7.17. The molecule has 5 heteroatoms. The van der Waals surface area contributed by atoms with Gasteiger partial charge in [-0.3, -0.25) is 14.4 Å². The van der Waals surface area contributed by atoms with Crippen molar-refractivity contribution in [2.75, 3.05) is 13.1 Å². The average molecular weight is 392 g/mol. The number of benzene rings is 2. The molecule has 0 radical (unpaired) electrons. The fourth-order valence-corrected chi connectivity index (χ4v) is 3.44. The molecular weight excluding hydrogens is 364 g/mol. The first-order valence-electron chi connectivity index (χ1n) is 10.3. The van der Waals surface area contributed by atoms with Crippen LogP contribution in [0.3, 0.4) is 0 Å². The van der Waals surface area contributed by atoms with E-state index in [1.54, 1.807) is 12.1 Å². The van der Waals surface area contributed by atoms with Crippen LogP contribution in [0.2, 0.25) is 0 Å². The number of piperidine rings is 1. The van der Waals surface area contributed by atoms with Crippen molar-refractivity contribution in [1.29, 1.82) is 0 Å². The zero-order valence-electron chi connectivity index (χ0n) is 16.9. The summed E-state index contributed by atoms with van der Waals surface area (Å²) in [6.45, 7) is 4.02. The third-order valence-electron chi connectivity index (χ3n) is 5.29. The van der Waals surface area contributed by atoms with Gasteiger partial charge >= 0.3 is 0 Å². The minimum atomic E-state index is -0.154. The van der Waals surface area contributed by atoms with Crippen LogP contribution >= 0.6 is 0 Å². The van der Waals surface area contributed by atoms with Crippen molar-refractivity contribution in [2.24, 2.45) is 0 Å². The summed E-state index contributed by atoms with van der Waals surface area (Å²) in [6.07, 6.45) is 3.69. The number of Topliss-reactive ketones (excluding diaryl/α,β-unsaturated/α-hetero) is 1. The molecule has 2 amide bonds. The maximum absolute atomic E-state index is 12.5. The number of carbonyl (C=O) groups is 3. The molecule has 0 atom stereocenters. The van der Waals surface area contributed by atoms with Gasteiger partial charge in [0.25, 0.3) is 5.91 Å². The van der Waals surface area contributed by atoms with Gasteiger partial charge in [0.15, 0.2) is 5.78 Å². The monoisotopic (exact) mass is 392 g/mol. The highest BCUT2D eigenvalue weighted by Crippen LogP contribution is 2.14. The number of hydrogen-bond acceptors (Lipinski definition) is 3. The predicted octanol–water partition coefficient (Wildman–Crippen LogP) is 3.90. The number of ketones is 1. The number of nitrogens with zero attached hydrogens (tertiary/aromatic N) is 1. The van der Waals surface area contributed by atoms with Crippen LogP contribution in [0, 0.1) is 6.92 Å². The van der Waals surface area contributed by atoms with E-state index in [1.165, 1.54) is 6.42 Å². The lowest BCUT2D eigenvalue weighted by atomic mass is 10.0. The summed E-state index contributed by atoms with van der Waals surface area (Å²) in [7, 11) is 0. The molecular formula is C24H28N2O3. The minimum Gasteiger partial charge on any atom is -0.352 e. The summed E-state index contributed by atoms with van der Waals surface area (Å²) in [5, 5.41) is 2.84. The number of hydrogen-bond donors (Lipinski definition) is 1. The summed E-state index contributed by atoms with van der Waals surface area (Å²) in [5.74, 6) is -0.102. The third-order valence-corrected chi connectivity index (χ3v) is 5.29. The van der Waals surface area contributed by atoms with Crippen molar-refractivity contribution in [2.45, 2.75) is 45.6 Å². The van der Waals surface area contributed by atoms with Gasteiger partial charge in [0.05, 0.1) is 0 Å². The normalized spacial score (nSPS) is 13.8. The largest absolute Gasteiger partial charge is 0.352 e. The molecule has 152 valence electrons. The van der Waals surface area contributed by atoms with E-state index >= 15 is 0 Å². The van der Waals surface area contributed by atoms with Crippen LogP contribution in [0.1, 0.15) is 63.9 Å². The lowest BCUT2D eigenvalue weighted by Crippen LogP contribution is -2.35. The highest BCUT2D eigenvalue weighted by atomic mass is 16.2. The fraction of sp³-hybridized carbons (Fsp3) is 0.375. The van der Waals surface area contributed by atoms with Gasteiger partial charge in [0.2, 0.25) is 5.91 Å². The van der Waals surface area contributed by atoms with Gasteiger partial charge in [-0.1, -0.05) is 42.0 Å². The van der Waals surface area contributed by atoms with Crippen LogP contribution in [0.5, 0.6) is 0 Å². The smallest absolute Gasteiger partial charge is 0.253 e. The van der Waals surface area contributed by atoms with Gasteiger partial charge in [0, 0.05) is 43.6 Å². The molecule has 1 fully saturated rings. The highest BCUT2D eigenvalue weighted by Gasteiger charge is 2.17. The number of aryl methyl sites for hydroxylation is 1. The van der Waals surface area contributed by atoms with E-state index in [1.807, 2.05) is 48.2 Å². The molecule has 29 heavy (non-hydrogen) atoms. The molecule has 0 unspecified atom stereocenters. The van der Waals surface area contributed by atoms with Crippen molar-refractivity contribution in [1.82, 2.24) is 10.2 Å². The second-order valence-corrected chi connectivity index (χ2v) is 7.62. The Hall–Kier alpha value is -2.95. The van der Waals surface area contributed by atoms with Crippen molar-refractivity contribution in [3.63, 3.8) is 0 Å². The molecule has 0 bridgehead atoms. The number of rotatable bonds is 7. The van der Waals surface area contributed by atoms with Crippen LogP contribution < -0.4 is 5.32 Å². The quantitative estimate of drug-likeness (QED) is 0.727. The molecule has 1 N–H and O–H groups in total. The van der Waals surface area contributed by atoms with Gasteiger partial charge in [-0.05, 0) is 43.9 Å². The van der Waals surface area contributed by atoms with E-state index in [9.17, 15) is 14.4 Å². The van der Waals surface area contributed by atoms with Crippen LogP contribution in [-0.4, -0.2) is 35.6 Å². The Morgan fingerprint density at radius 3 is 2.10 bits per heavy atom. The van der Waals surface area contributed by atoms with E-state index in [-0.39, 0.29) is 30.4 Å². The van der Waals surface area contributed by atoms with E-state index in [2.05, 4.69) is 5.32 Å². The molecule has 1 aliphatic rings. The molecule has 1 saturated heterocycles. The van der Waals surface area contributed by atoms with E-state index in [0.717, 1.165) is 37.1 Å². The SMILES string of the molecule is Cc1ccc(C(=O)CCC(=O)NCc2ccc(C(=O)N3CCCCC3)cc2)cc1. The molecule has 3 rings (SSSR count). The fourth-order valence-electron chi connectivity index (χ4n) is 3.44. The Bertz CT molecular complexity index is 851. The first kappa shape index (κ1) is 20.8. The molecule has 0 aromatic heterocycles. The zero-order valence-corrected chi connectivity index (χ0v) is 16.9. The van der Waals surface area contributed by atoms with Crippen LogP contribution in [0.15, 0.2) is 48.5 Å². The van der Waals surface area contributed by atoms with Crippen LogP contribution in [-0.2, 0) is 11.3 Å². The second kappa shape index (κ2) is 10.0. The van der Waals surface area contributed by atoms with Crippen LogP contribution in [0.4, 0.5) is 0 Å². The summed E-state index contributed by atoms with van der Waals surface area (Å²) in [5.41, 5.74) is 3.35. The summed E-state index contributed by atoms with van der Waals surface area (Å²) in [4.78, 5) is 38.6. The minimum absolute atomic E-state index is 0.0271. The Morgan fingerprint density at radius 1 is 0.828 bits per heavy atom. The summed E-state index contributed by atoms with van der Waals surface area (Å²) in [6, 6.07) is 14.8.